The summed E-state index contributed by atoms with van der Waals surface area (Å²) in [4.78, 5) is 0.226. The van der Waals surface area contributed by atoms with Crippen LogP contribution in [-0.4, -0.2) is 47.3 Å². The molecular formula is C16H23N3O3S. The van der Waals surface area contributed by atoms with Crippen molar-refractivity contribution in [2.75, 3.05) is 13.6 Å². The Balaban J connectivity index is 2.06. The molecule has 1 aromatic heterocycles. The van der Waals surface area contributed by atoms with Gasteiger partial charge in [0.25, 0.3) is 0 Å². The van der Waals surface area contributed by atoms with Crippen molar-refractivity contribution in [3.63, 3.8) is 0 Å². The maximum atomic E-state index is 12.5. The van der Waals surface area contributed by atoms with E-state index < -0.39 is 16.1 Å². The Morgan fingerprint density at radius 2 is 1.83 bits per heavy atom. The van der Waals surface area contributed by atoms with Gasteiger partial charge in [-0.25, -0.2) is 8.42 Å². The fraction of sp³-hybridized carbons (Fsp3) is 0.438. The first-order valence-corrected chi connectivity index (χ1v) is 8.86. The van der Waals surface area contributed by atoms with Crippen LogP contribution < -0.4 is 0 Å². The molecule has 0 fully saturated rings. The van der Waals surface area contributed by atoms with Crippen LogP contribution in [-0.2, 0) is 16.6 Å². The van der Waals surface area contributed by atoms with Crippen LogP contribution in [0.5, 0.6) is 0 Å². The lowest BCUT2D eigenvalue weighted by Gasteiger charge is -2.21. The van der Waals surface area contributed by atoms with Crippen molar-refractivity contribution in [2.24, 2.45) is 0 Å². The normalized spacial score (nSPS) is 13.5. The molecule has 23 heavy (non-hydrogen) atoms. The molecule has 1 heterocycles. The Labute approximate surface area is 137 Å². The molecule has 0 bridgehead atoms. The summed E-state index contributed by atoms with van der Waals surface area (Å²) >= 11 is 0. The predicted molar refractivity (Wildman–Crippen MR) is 88.7 cm³/mol. The third-order valence-electron chi connectivity index (χ3n) is 3.68. The van der Waals surface area contributed by atoms with Crippen LogP contribution in [0.2, 0.25) is 0 Å². The Kier molecular flexibility index (Phi) is 5.23. The van der Waals surface area contributed by atoms with E-state index in [1.165, 1.54) is 11.4 Å². The molecule has 6 nitrogen and oxygen atoms in total. The second-order valence-corrected chi connectivity index (χ2v) is 7.91. The molecule has 0 aliphatic rings. The molecule has 0 saturated heterocycles. The van der Waals surface area contributed by atoms with E-state index in [0.29, 0.717) is 0 Å². The molecular weight excluding hydrogens is 314 g/mol. The van der Waals surface area contributed by atoms with Crippen LogP contribution in [0.25, 0.3) is 0 Å². The molecule has 2 rings (SSSR count). The monoisotopic (exact) mass is 337 g/mol. The van der Waals surface area contributed by atoms with Gasteiger partial charge in [0.1, 0.15) is 0 Å². The van der Waals surface area contributed by atoms with Crippen LogP contribution in [0.4, 0.5) is 0 Å². The molecule has 0 aliphatic heterocycles. The largest absolute Gasteiger partial charge is 0.390 e. The Morgan fingerprint density at radius 1 is 1.22 bits per heavy atom. The first-order valence-electron chi connectivity index (χ1n) is 7.42. The van der Waals surface area contributed by atoms with E-state index in [2.05, 4.69) is 5.10 Å². The third-order valence-corrected chi connectivity index (χ3v) is 5.52. The second kappa shape index (κ2) is 6.82. The molecule has 7 heteroatoms. The number of sulfonamides is 1. The summed E-state index contributed by atoms with van der Waals surface area (Å²) in [5.41, 5.74) is 2.80. The Bertz CT molecular complexity index is 766. The molecule has 1 atom stereocenters. The summed E-state index contributed by atoms with van der Waals surface area (Å²) in [5.74, 6) is 0. The Hall–Kier alpha value is -1.70. The lowest BCUT2D eigenvalue weighted by molar-refractivity contribution is 0.129. The molecule has 1 N–H and O–H groups in total. The van der Waals surface area contributed by atoms with Crippen molar-refractivity contribution >= 4 is 10.0 Å². The molecule has 2 aromatic rings. The first kappa shape index (κ1) is 17.7. The highest BCUT2D eigenvalue weighted by molar-refractivity contribution is 7.89. The third kappa shape index (κ3) is 4.19. The summed E-state index contributed by atoms with van der Waals surface area (Å²) in [6, 6.07) is 8.59. The fourth-order valence-corrected chi connectivity index (χ4v) is 3.61. The number of likely N-dealkylation sites (N-methyl/N-ethyl adjacent to an activating group) is 1. The van der Waals surface area contributed by atoms with Crippen molar-refractivity contribution in [3.8, 4) is 0 Å². The van der Waals surface area contributed by atoms with Crippen molar-refractivity contribution in [2.45, 2.75) is 38.3 Å². The maximum Gasteiger partial charge on any atom is 0.242 e. The van der Waals surface area contributed by atoms with Crippen molar-refractivity contribution in [1.29, 1.82) is 0 Å². The zero-order chi connectivity index (χ0) is 17.2. The molecule has 1 aromatic carbocycles. The van der Waals surface area contributed by atoms with Gasteiger partial charge in [0.2, 0.25) is 10.0 Å². The van der Waals surface area contributed by atoms with Gasteiger partial charge in [-0.15, -0.1) is 0 Å². The average molecular weight is 337 g/mol. The number of aromatic nitrogens is 2. The minimum atomic E-state index is -3.60. The second-order valence-electron chi connectivity index (χ2n) is 5.86. The number of hydrogen-bond acceptors (Lipinski definition) is 4. The highest BCUT2D eigenvalue weighted by Crippen LogP contribution is 2.15. The van der Waals surface area contributed by atoms with Gasteiger partial charge >= 0.3 is 0 Å². The molecule has 0 saturated carbocycles. The zero-order valence-corrected chi connectivity index (χ0v) is 14.7. The van der Waals surface area contributed by atoms with Gasteiger partial charge in [-0.05, 0) is 39.0 Å². The smallest absolute Gasteiger partial charge is 0.242 e. The highest BCUT2D eigenvalue weighted by atomic mass is 32.2. The minimum Gasteiger partial charge on any atom is -0.390 e. The minimum absolute atomic E-state index is 0.00849. The summed E-state index contributed by atoms with van der Waals surface area (Å²) in [6.07, 6.45) is -0.835. The van der Waals surface area contributed by atoms with E-state index >= 15 is 0 Å². The van der Waals surface area contributed by atoms with Gasteiger partial charge in [-0.2, -0.15) is 9.40 Å². The highest BCUT2D eigenvalue weighted by Gasteiger charge is 2.23. The quantitative estimate of drug-likeness (QED) is 0.866. The van der Waals surface area contributed by atoms with Crippen LogP contribution in [0.3, 0.4) is 0 Å². The van der Waals surface area contributed by atoms with Crippen LogP contribution in [0, 0.1) is 20.8 Å². The van der Waals surface area contributed by atoms with E-state index in [1.54, 1.807) is 28.9 Å². The number of aryl methyl sites for hydroxylation is 3. The molecule has 1 unspecified atom stereocenters. The van der Waals surface area contributed by atoms with E-state index in [9.17, 15) is 13.5 Å². The summed E-state index contributed by atoms with van der Waals surface area (Å²) in [5, 5.41) is 14.5. The standard InChI is InChI=1S/C16H23N3O3S/c1-12-5-7-16(8-6-12)23(21,22)18(4)10-15(20)11-19-14(3)9-13(2)17-19/h5-9,15,20H,10-11H2,1-4H3. The predicted octanol–water partition coefficient (Wildman–Crippen LogP) is 1.49. The van der Waals surface area contributed by atoms with Gasteiger partial charge < -0.3 is 5.11 Å². The summed E-state index contributed by atoms with van der Waals surface area (Å²) in [6.45, 7) is 5.95. The van der Waals surface area contributed by atoms with Gasteiger partial charge in [-0.1, -0.05) is 17.7 Å². The molecule has 0 aliphatic carbocycles. The van der Waals surface area contributed by atoms with E-state index in [0.717, 1.165) is 17.0 Å². The summed E-state index contributed by atoms with van der Waals surface area (Å²) in [7, 11) is -2.13. The van der Waals surface area contributed by atoms with Gasteiger partial charge in [0, 0.05) is 19.3 Å². The lowest BCUT2D eigenvalue weighted by atomic mass is 10.2. The number of nitrogens with zero attached hydrogens (tertiary/aromatic N) is 3. The van der Waals surface area contributed by atoms with Gasteiger partial charge in [0.15, 0.2) is 0 Å². The number of hydrogen-bond donors (Lipinski definition) is 1. The van der Waals surface area contributed by atoms with Gasteiger partial charge in [-0.3, -0.25) is 4.68 Å². The maximum absolute atomic E-state index is 12.5. The average Bonchev–Trinajstić information content (AvgIpc) is 2.77. The molecule has 0 spiro atoms. The fourth-order valence-electron chi connectivity index (χ4n) is 2.40. The van der Waals surface area contributed by atoms with Crippen molar-refractivity contribution in [3.05, 3.63) is 47.3 Å². The topological polar surface area (TPSA) is 75.4 Å². The zero-order valence-electron chi connectivity index (χ0n) is 13.9. The van der Waals surface area contributed by atoms with Gasteiger partial charge in [0.05, 0.1) is 23.2 Å². The number of rotatable bonds is 6. The molecule has 126 valence electrons. The Morgan fingerprint density at radius 3 is 2.35 bits per heavy atom. The van der Waals surface area contributed by atoms with E-state index in [-0.39, 0.29) is 18.0 Å². The SMILES string of the molecule is Cc1ccc(S(=O)(=O)N(C)CC(O)Cn2nc(C)cc2C)cc1. The van der Waals surface area contributed by atoms with Crippen molar-refractivity contribution < 1.29 is 13.5 Å². The van der Waals surface area contributed by atoms with Crippen LogP contribution in [0.1, 0.15) is 17.0 Å². The van der Waals surface area contributed by atoms with Crippen LogP contribution >= 0.6 is 0 Å². The first-order chi connectivity index (χ1) is 10.7. The number of benzene rings is 1. The molecule has 0 amide bonds. The van der Waals surface area contributed by atoms with Crippen molar-refractivity contribution in [1.82, 2.24) is 14.1 Å². The number of aliphatic hydroxyl groups excluding tert-OH is 1. The van der Waals surface area contributed by atoms with E-state index in [4.69, 9.17) is 0 Å². The lowest BCUT2D eigenvalue weighted by Crippen LogP contribution is -2.36. The molecule has 0 radical (unpaired) electrons. The summed E-state index contributed by atoms with van der Waals surface area (Å²) < 4.78 is 27.9. The number of aliphatic hydroxyl groups is 1. The van der Waals surface area contributed by atoms with Crippen LogP contribution in [0.15, 0.2) is 35.2 Å². The van der Waals surface area contributed by atoms with E-state index in [1.807, 2.05) is 26.8 Å².